The summed E-state index contributed by atoms with van der Waals surface area (Å²) in [7, 11) is 0. The van der Waals surface area contributed by atoms with E-state index < -0.39 is 5.60 Å². The topological polar surface area (TPSA) is 41.6 Å². The zero-order chi connectivity index (χ0) is 17.0. The van der Waals surface area contributed by atoms with Crippen molar-refractivity contribution in [2.45, 2.75) is 39.3 Å². The molecule has 0 saturated carbocycles. The minimum atomic E-state index is -0.428. The van der Waals surface area contributed by atoms with Crippen LogP contribution in [0.4, 0.5) is 4.79 Å². The standard InChI is InChI=1S/C17H24Br2N2O2/c1-17(2,3)23-16(22)21-7-6-13(11-21)10-20-9-12-4-5-14(18)15(19)8-12/h4-5,8,13,20H,6-7,9-11H2,1-3H3. The van der Waals surface area contributed by atoms with Crippen molar-refractivity contribution in [2.75, 3.05) is 19.6 Å². The van der Waals surface area contributed by atoms with Crippen LogP contribution < -0.4 is 5.32 Å². The van der Waals surface area contributed by atoms with Gasteiger partial charge in [-0.2, -0.15) is 0 Å². The van der Waals surface area contributed by atoms with E-state index in [1.54, 1.807) is 0 Å². The number of amides is 1. The number of halogens is 2. The quantitative estimate of drug-likeness (QED) is 0.735. The Balaban J connectivity index is 1.73. The second kappa shape index (κ2) is 7.99. The highest BCUT2D eigenvalue weighted by Gasteiger charge is 2.29. The number of ether oxygens (including phenoxy) is 1. The maximum absolute atomic E-state index is 12.0. The average Bonchev–Trinajstić information content (AvgIpc) is 2.90. The van der Waals surface area contributed by atoms with Crippen molar-refractivity contribution in [3.63, 3.8) is 0 Å². The number of benzene rings is 1. The maximum atomic E-state index is 12.0. The summed E-state index contributed by atoms with van der Waals surface area (Å²) in [5.74, 6) is 0.487. The van der Waals surface area contributed by atoms with Gasteiger partial charge in [-0.25, -0.2) is 4.79 Å². The molecule has 1 aliphatic heterocycles. The van der Waals surface area contributed by atoms with E-state index in [2.05, 4.69) is 49.3 Å². The molecule has 1 aliphatic rings. The number of carbonyl (C=O) groups excluding carboxylic acids is 1. The predicted molar refractivity (Wildman–Crippen MR) is 99.5 cm³/mol. The molecule has 1 atom stereocenters. The van der Waals surface area contributed by atoms with Gasteiger partial charge in [0.2, 0.25) is 0 Å². The van der Waals surface area contributed by atoms with Crippen LogP contribution in [0, 0.1) is 5.92 Å². The van der Waals surface area contributed by atoms with E-state index in [1.165, 1.54) is 5.56 Å². The molecule has 1 N–H and O–H groups in total. The van der Waals surface area contributed by atoms with E-state index in [9.17, 15) is 4.79 Å². The Morgan fingerprint density at radius 3 is 2.74 bits per heavy atom. The van der Waals surface area contributed by atoms with Gasteiger partial charge in [-0.3, -0.25) is 0 Å². The number of nitrogens with one attached hydrogen (secondary N) is 1. The van der Waals surface area contributed by atoms with Crippen LogP contribution in [0.2, 0.25) is 0 Å². The van der Waals surface area contributed by atoms with Gasteiger partial charge in [0.1, 0.15) is 5.60 Å². The van der Waals surface area contributed by atoms with E-state index in [0.29, 0.717) is 5.92 Å². The lowest BCUT2D eigenvalue weighted by atomic mass is 10.1. The van der Waals surface area contributed by atoms with E-state index in [0.717, 1.165) is 41.5 Å². The summed E-state index contributed by atoms with van der Waals surface area (Å²) in [6, 6.07) is 6.25. The third-order valence-corrected chi connectivity index (χ3v) is 5.56. The molecule has 0 spiro atoms. The summed E-state index contributed by atoms with van der Waals surface area (Å²) < 4.78 is 7.55. The van der Waals surface area contributed by atoms with Crippen molar-refractivity contribution in [2.24, 2.45) is 5.92 Å². The van der Waals surface area contributed by atoms with Crippen LogP contribution in [0.25, 0.3) is 0 Å². The number of hydrogen-bond donors (Lipinski definition) is 1. The first-order chi connectivity index (χ1) is 10.7. The smallest absolute Gasteiger partial charge is 0.410 e. The number of carbonyl (C=O) groups is 1. The van der Waals surface area contributed by atoms with Crippen molar-refractivity contribution in [1.82, 2.24) is 10.2 Å². The molecule has 0 bridgehead atoms. The summed E-state index contributed by atoms with van der Waals surface area (Å²) >= 11 is 6.99. The fraction of sp³-hybridized carbons (Fsp3) is 0.588. The number of likely N-dealkylation sites (tertiary alicyclic amines) is 1. The number of nitrogens with zero attached hydrogens (tertiary/aromatic N) is 1. The van der Waals surface area contributed by atoms with Gasteiger partial charge in [0, 0.05) is 35.1 Å². The zero-order valence-electron chi connectivity index (χ0n) is 13.9. The highest BCUT2D eigenvalue weighted by molar-refractivity contribution is 9.13. The van der Waals surface area contributed by atoms with Gasteiger partial charge in [-0.05, 0) is 82.7 Å². The second-order valence-corrected chi connectivity index (χ2v) is 8.67. The van der Waals surface area contributed by atoms with Crippen molar-refractivity contribution in [1.29, 1.82) is 0 Å². The molecule has 2 rings (SSSR count). The maximum Gasteiger partial charge on any atom is 0.410 e. The van der Waals surface area contributed by atoms with Crippen LogP contribution in [0.3, 0.4) is 0 Å². The highest BCUT2D eigenvalue weighted by Crippen LogP contribution is 2.24. The van der Waals surface area contributed by atoms with Crippen LogP contribution in [0.15, 0.2) is 27.1 Å². The van der Waals surface area contributed by atoms with E-state index in [1.807, 2.05) is 31.7 Å². The Labute approximate surface area is 155 Å². The van der Waals surface area contributed by atoms with E-state index in [-0.39, 0.29) is 6.09 Å². The van der Waals surface area contributed by atoms with Gasteiger partial charge >= 0.3 is 6.09 Å². The molecule has 1 saturated heterocycles. The van der Waals surface area contributed by atoms with Gasteiger partial charge in [-0.1, -0.05) is 6.07 Å². The van der Waals surface area contributed by atoms with Gasteiger partial charge in [-0.15, -0.1) is 0 Å². The minimum absolute atomic E-state index is 0.197. The van der Waals surface area contributed by atoms with Gasteiger partial charge in [0.25, 0.3) is 0 Å². The van der Waals surface area contributed by atoms with Crippen molar-refractivity contribution in [3.05, 3.63) is 32.7 Å². The fourth-order valence-corrected chi connectivity index (χ4v) is 3.23. The molecule has 128 valence electrons. The summed E-state index contributed by atoms with van der Waals surface area (Å²) in [6.07, 6.45) is 0.827. The van der Waals surface area contributed by atoms with Crippen LogP contribution in [0.5, 0.6) is 0 Å². The van der Waals surface area contributed by atoms with E-state index in [4.69, 9.17) is 4.74 Å². The summed E-state index contributed by atoms with van der Waals surface area (Å²) in [4.78, 5) is 13.9. The Morgan fingerprint density at radius 2 is 2.09 bits per heavy atom. The Morgan fingerprint density at radius 1 is 1.35 bits per heavy atom. The van der Waals surface area contributed by atoms with Crippen LogP contribution in [-0.4, -0.2) is 36.2 Å². The predicted octanol–water partition coefficient (Wildman–Crippen LogP) is 4.56. The van der Waals surface area contributed by atoms with Crippen LogP contribution in [-0.2, 0) is 11.3 Å². The van der Waals surface area contributed by atoms with Crippen LogP contribution in [0.1, 0.15) is 32.8 Å². The molecule has 1 heterocycles. The monoisotopic (exact) mass is 446 g/mol. The van der Waals surface area contributed by atoms with Crippen molar-refractivity contribution >= 4 is 38.0 Å². The molecule has 1 unspecified atom stereocenters. The molecule has 0 radical (unpaired) electrons. The first-order valence-electron chi connectivity index (χ1n) is 7.87. The molecule has 0 aliphatic carbocycles. The summed E-state index contributed by atoms with van der Waals surface area (Å²) in [5, 5.41) is 3.48. The first-order valence-corrected chi connectivity index (χ1v) is 9.46. The van der Waals surface area contributed by atoms with Gasteiger partial charge in [0.15, 0.2) is 0 Å². The second-order valence-electron chi connectivity index (χ2n) is 6.96. The Bertz CT molecular complexity index is 558. The molecule has 1 amide bonds. The Hall–Kier alpha value is -0.590. The lowest BCUT2D eigenvalue weighted by molar-refractivity contribution is 0.0288. The molecule has 1 aromatic carbocycles. The van der Waals surface area contributed by atoms with Crippen LogP contribution >= 0.6 is 31.9 Å². The fourth-order valence-electron chi connectivity index (χ4n) is 2.56. The zero-order valence-corrected chi connectivity index (χ0v) is 17.0. The SMILES string of the molecule is CC(C)(C)OC(=O)N1CCC(CNCc2ccc(Br)c(Br)c2)C1. The largest absolute Gasteiger partial charge is 0.444 e. The van der Waals surface area contributed by atoms with E-state index >= 15 is 0 Å². The number of hydrogen-bond acceptors (Lipinski definition) is 3. The molecule has 4 nitrogen and oxygen atoms in total. The Kier molecular flexibility index (Phi) is 6.51. The highest BCUT2D eigenvalue weighted by atomic mass is 79.9. The summed E-state index contributed by atoms with van der Waals surface area (Å²) in [5.41, 5.74) is 0.810. The first kappa shape index (κ1) is 18.7. The molecule has 0 aromatic heterocycles. The van der Waals surface area contributed by atoms with Crippen molar-refractivity contribution < 1.29 is 9.53 Å². The van der Waals surface area contributed by atoms with Gasteiger partial charge in [0.05, 0.1) is 0 Å². The normalized spacial score (nSPS) is 18.3. The van der Waals surface area contributed by atoms with Gasteiger partial charge < -0.3 is 15.0 Å². The molecule has 6 heteroatoms. The van der Waals surface area contributed by atoms with Crippen molar-refractivity contribution in [3.8, 4) is 0 Å². The summed E-state index contributed by atoms with van der Waals surface area (Å²) in [6.45, 7) is 8.99. The number of rotatable bonds is 4. The minimum Gasteiger partial charge on any atom is -0.444 e. The molecule has 23 heavy (non-hydrogen) atoms. The third-order valence-electron chi connectivity index (χ3n) is 3.68. The third kappa shape index (κ3) is 6.08. The lowest BCUT2D eigenvalue weighted by Gasteiger charge is -2.24. The molecule has 1 aromatic rings. The average molecular weight is 448 g/mol. The molecule has 1 fully saturated rings. The lowest BCUT2D eigenvalue weighted by Crippen LogP contribution is -2.36. The molecular formula is C17H24Br2N2O2. The molecular weight excluding hydrogens is 424 g/mol.